The van der Waals surface area contributed by atoms with Gasteiger partial charge in [0.25, 0.3) is 11.8 Å². The molecule has 2 bridgehead atoms. The Hall–Kier alpha value is -4.27. The Labute approximate surface area is 265 Å². The van der Waals surface area contributed by atoms with Crippen LogP contribution in [0.3, 0.4) is 0 Å². The number of methoxy groups -OCH3 is 1. The molecule has 3 fully saturated rings. The first kappa shape index (κ1) is 27.1. The largest absolute Gasteiger partial charge is 0.496 e. The number of thiophene rings is 1. The van der Waals surface area contributed by atoms with Crippen LogP contribution in [0.1, 0.15) is 57.5 Å². The van der Waals surface area contributed by atoms with Gasteiger partial charge in [-0.2, -0.15) is 0 Å². The second kappa shape index (κ2) is 9.86. The fourth-order valence-corrected chi connectivity index (χ4v) is 9.22. The minimum absolute atomic E-state index is 0.0562. The molecule has 2 amide bonds. The second-order valence-corrected chi connectivity index (χ2v) is 14.3. The summed E-state index contributed by atoms with van der Waals surface area (Å²) in [4.78, 5) is 33.2. The van der Waals surface area contributed by atoms with Gasteiger partial charge in [0.15, 0.2) is 0 Å². The average Bonchev–Trinajstić information content (AvgIpc) is 3.26. The third kappa shape index (κ3) is 4.15. The van der Waals surface area contributed by atoms with Crippen LogP contribution in [0, 0.1) is 18.8 Å². The maximum Gasteiger partial charge on any atom is 0.277 e. The van der Waals surface area contributed by atoms with Gasteiger partial charge in [-0.05, 0) is 91.5 Å². The number of nitrogens with two attached hydrogens (primary N) is 1. The molecule has 4 heterocycles. The molecule has 3 atom stereocenters. The molecule has 2 unspecified atom stereocenters. The van der Waals surface area contributed by atoms with Gasteiger partial charge in [0.05, 0.1) is 23.2 Å². The Morgan fingerprint density at radius 1 is 1.04 bits per heavy atom. The van der Waals surface area contributed by atoms with Gasteiger partial charge < -0.3 is 19.9 Å². The lowest BCUT2D eigenvalue weighted by Gasteiger charge is -2.27. The standard InChI is InChI=1S/C37H34N4O3S/c1-19-33-31(44-2)14-26(37(43)41-18-25-9-10-28(41)34(25)38)15-32(33)45-35(19)30-13-23-7-5-22(12-29(23)40(30)17-20-3-4-20)21-6-8-24-16-39-36(42)27(24)11-21/h5-8,11-16,20,25,28,34H,3-4,9-10,17-18,38H2,1-2H3/t25?,28?,34-/m1/s1. The Kier molecular flexibility index (Phi) is 5.93. The molecule has 1 saturated heterocycles. The molecule has 8 heteroatoms. The molecule has 2 saturated carbocycles. The number of amides is 2. The van der Waals surface area contributed by atoms with E-state index in [9.17, 15) is 9.59 Å². The monoisotopic (exact) mass is 614 g/mol. The van der Waals surface area contributed by atoms with E-state index in [1.54, 1.807) is 24.7 Å². The summed E-state index contributed by atoms with van der Waals surface area (Å²) in [6, 6.07) is 19.1. The third-order valence-corrected chi connectivity index (χ3v) is 11.8. The zero-order valence-electron chi connectivity index (χ0n) is 25.4. The van der Waals surface area contributed by atoms with Crippen LogP contribution in [0.5, 0.6) is 5.75 Å². The fraction of sp³-hybridized carbons (Fsp3) is 0.324. The molecular formula is C37H34N4O3S. The van der Waals surface area contributed by atoms with Gasteiger partial charge in [-0.15, -0.1) is 11.3 Å². The number of benzene rings is 3. The lowest BCUT2D eigenvalue weighted by molar-refractivity contribution is 0.0700. The number of hydrogen-bond donors (Lipinski definition) is 1. The fourth-order valence-electron chi connectivity index (χ4n) is 7.93. The van der Waals surface area contributed by atoms with E-state index in [2.05, 4.69) is 52.9 Å². The summed E-state index contributed by atoms with van der Waals surface area (Å²) in [5, 5.41) is 2.26. The molecule has 9 rings (SSSR count). The van der Waals surface area contributed by atoms with Crippen LogP contribution < -0.4 is 10.5 Å². The molecule has 2 aliphatic heterocycles. The number of piperidine rings is 1. The number of aliphatic imine (C=N–C) groups is 1. The SMILES string of the molecule is COc1cc(C(=O)N2CC3CCC2[C@@H]3N)cc2sc(-c3cc4ccc(-c5ccc6c(c5)C(=O)N=C6)cc4n3CC3CC3)c(C)c12. The first-order chi connectivity index (χ1) is 21.9. The van der Waals surface area contributed by atoms with Crippen molar-refractivity contribution in [3.05, 3.63) is 76.9 Å². The molecule has 0 radical (unpaired) electrons. The van der Waals surface area contributed by atoms with Crippen LogP contribution in [0.25, 0.3) is 42.7 Å². The lowest BCUT2D eigenvalue weighted by Crippen LogP contribution is -2.41. The van der Waals surface area contributed by atoms with Gasteiger partial charge in [0, 0.05) is 63.5 Å². The van der Waals surface area contributed by atoms with Crippen molar-refractivity contribution in [3.8, 4) is 27.4 Å². The van der Waals surface area contributed by atoms with Gasteiger partial charge in [0.2, 0.25) is 0 Å². The van der Waals surface area contributed by atoms with E-state index in [1.165, 1.54) is 39.9 Å². The maximum absolute atomic E-state index is 13.8. The summed E-state index contributed by atoms with van der Waals surface area (Å²) < 4.78 is 9.48. The molecule has 2 N–H and O–H groups in total. The Bertz CT molecular complexity index is 2120. The van der Waals surface area contributed by atoms with E-state index < -0.39 is 0 Å². The van der Waals surface area contributed by atoms with Gasteiger partial charge in [-0.3, -0.25) is 9.59 Å². The summed E-state index contributed by atoms with van der Waals surface area (Å²) >= 11 is 1.74. The molecule has 2 aliphatic carbocycles. The van der Waals surface area contributed by atoms with Crippen molar-refractivity contribution in [2.45, 2.75) is 51.2 Å². The van der Waals surface area contributed by atoms with E-state index in [0.29, 0.717) is 23.0 Å². The number of aryl methyl sites for hydroxylation is 1. The number of hydrogen-bond acceptors (Lipinski definition) is 5. The minimum atomic E-state index is -0.177. The summed E-state index contributed by atoms with van der Waals surface area (Å²) in [5.41, 5.74) is 14.3. The maximum atomic E-state index is 13.8. The highest BCUT2D eigenvalue weighted by Gasteiger charge is 2.47. The second-order valence-electron chi connectivity index (χ2n) is 13.3. The number of carbonyl (C=O) groups excluding carboxylic acids is 2. The topological polar surface area (TPSA) is 89.9 Å². The minimum Gasteiger partial charge on any atom is -0.496 e. The number of fused-ring (bicyclic) bond motifs is 5. The Morgan fingerprint density at radius 3 is 2.62 bits per heavy atom. The highest BCUT2D eigenvalue weighted by Crippen LogP contribution is 2.46. The van der Waals surface area contributed by atoms with Crippen molar-refractivity contribution in [2.24, 2.45) is 22.6 Å². The predicted molar refractivity (Wildman–Crippen MR) is 180 cm³/mol. The van der Waals surface area contributed by atoms with Gasteiger partial charge in [0.1, 0.15) is 5.75 Å². The Morgan fingerprint density at radius 2 is 1.87 bits per heavy atom. The van der Waals surface area contributed by atoms with Crippen LogP contribution >= 0.6 is 11.3 Å². The number of rotatable bonds is 6. The summed E-state index contributed by atoms with van der Waals surface area (Å²) in [5.74, 6) is 1.71. The zero-order chi connectivity index (χ0) is 30.6. The van der Waals surface area contributed by atoms with Crippen LogP contribution in [0.4, 0.5) is 0 Å². The first-order valence-electron chi connectivity index (χ1n) is 15.9. The number of likely N-dealkylation sites (tertiary alicyclic amines) is 1. The smallest absolute Gasteiger partial charge is 0.277 e. The number of aromatic nitrogens is 1. The van der Waals surface area contributed by atoms with E-state index in [4.69, 9.17) is 10.5 Å². The van der Waals surface area contributed by atoms with Crippen molar-refractivity contribution in [1.29, 1.82) is 0 Å². The van der Waals surface area contributed by atoms with Crippen LogP contribution in [0.2, 0.25) is 0 Å². The number of nitrogens with zero attached hydrogens (tertiary/aromatic N) is 3. The van der Waals surface area contributed by atoms with Crippen LogP contribution in [0.15, 0.2) is 59.6 Å². The highest BCUT2D eigenvalue weighted by atomic mass is 32.1. The molecule has 0 spiro atoms. The predicted octanol–water partition coefficient (Wildman–Crippen LogP) is 7.05. The van der Waals surface area contributed by atoms with E-state index in [-0.39, 0.29) is 23.9 Å². The number of ether oxygens (including phenoxy) is 1. The summed E-state index contributed by atoms with van der Waals surface area (Å²) in [6.45, 7) is 3.88. The van der Waals surface area contributed by atoms with E-state index in [1.807, 2.05) is 23.1 Å². The van der Waals surface area contributed by atoms with Gasteiger partial charge in [-0.25, -0.2) is 4.99 Å². The van der Waals surface area contributed by atoms with Crippen LogP contribution in [-0.2, 0) is 6.54 Å². The van der Waals surface area contributed by atoms with Gasteiger partial charge >= 0.3 is 0 Å². The molecule has 226 valence electrons. The normalized spacial score (nSPS) is 21.9. The number of carbonyl (C=O) groups is 2. The summed E-state index contributed by atoms with van der Waals surface area (Å²) in [7, 11) is 1.69. The van der Waals surface area contributed by atoms with E-state index in [0.717, 1.165) is 58.5 Å². The van der Waals surface area contributed by atoms with Crippen molar-refractivity contribution < 1.29 is 14.3 Å². The molecule has 2 aromatic heterocycles. The third-order valence-electron chi connectivity index (χ3n) is 10.6. The molecule has 7 nitrogen and oxygen atoms in total. The van der Waals surface area contributed by atoms with Crippen LogP contribution in [-0.4, -0.2) is 53.2 Å². The summed E-state index contributed by atoms with van der Waals surface area (Å²) in [6.07, 6.45) is 6.25. The average molecular weight is 615 g/mol. The van der Waals surface area contributed by atoms with Crippen molar-refractivity contribution in [2.75, 3.05) is 13.7 Å². The van der Waals surface area contributed by atoms with E-state index >= 15 is 0 Å². The lowest BCUT2D eigenvalue weighted by atomic mass is 9.99. The molecule has 45 heavy (non-hydrogen) atoms. The molecule has 5 aromatic rings. The van der Waals surface area contributed by atoms with Crippen molar-refractivity contribution in [3.63, 3.8) is 0 Å². The molecular weight excluding hydrogens is 580 g/mol. The van der Waals surface area contributed by atoms with Crippen molar-refractivity contribution in [1.82, 2.24) is 9.47 Å². The van der Waals surface area contributed by atoms with Gasteiger partial charge in [-0.1, -0.05) is 24.3 Å². The first-order valence-corrected chi connectivity index (χ1v) is 16.7. The van der Waals surface area contributed by atoms with Crippen molar-refractivity contribution >= 4 is 50.4 Å². The zero-order valence-corrected chi connectivity index (χ0v) is 26.2. The molecule has 3 aromatic carbocycles. The Balaban J connectivity index is 1.15. The quantitative estimate of drug-likeness (QED) is 0.222. The molecule has 4 aliphatic rings. The highest BCUT2D eigenvalue weighted by molar-refractivity contribution is 7.22.